The Bertz CT molecular complexity index is 479. The molecule has 0 unspecified atom stereocenters. The van der Waals surface area contributed by atoms with Crippen LogP contribution in [0.15, 0.2) is 24.3 Å². The zero-order valence-electron chi connectivity index (χ0n) is 11.5. The van der Waals surface area contributed by atoms with Gasteiger partial charge in [0.2, 0.25) is 5.91 Å². The number of non-ortho nitro benzene ring substituents is 1. The Morgan fingerprint density at radius 1 is 1.35 bits per heavy atom. The molecule has 1 aromatic carbocycles. The molecule has 0 saturated carbocycles. The summed E-state index contributed by atoms with van der Waals surface area (Å²) in [6.07, 6.45) is 1.74. The summed E-state index contributed by atoms with van der Waals surface area (Å²) in [5.41, 5.74) is 1.18. The van der Waals surface area contributed by atoms with Crippen molar-refractivity contribution in [1.29, 1.82) is 0 Å². The topological polar surface area (TPSA) is 75.5 Å². The van der Waals surface area contributed by atoms with Gasteiger partial charge in [-0.2, -0.15) is 0 Å². The van der Waals surface area contributed by atoms with Crippen molar-refractivity contribution in [2.24, 2.45) is 5.92 Å². The van der Waals surface area contributed by atoms with E-state index in [1.807, 2.05) is 0 Å². The number of nitro groups is 1. The fraction of sp³-hybridized carbons (Fsp3) is 0.500. The van der Waals surface area contributed by atoms with Gasteiger partial charge < -0.3 is 5.32 Å². The van der Waals surface area contributed by atoms with Crippen LogP contribution in [0.25, 0.3) is 0 Å². The number of likely N-dealkylation sites (tertiary alicyclic amines) is 1. The van der Waals surface area contributed by atoms with Crippen molar-refractivity contribution >= 4 is 11.6 Å². The van der Waals surface area contributed by atoms with Crippen LogP contribution >= 0.6 is 0 Å². The normalized spacial score (nSPS) is 16.9. The van der Waals surface area contributed by atoms with E-state index in [2.05, 4.69) is 10.2 Å². The summed E-state index contributed by atoms with van der Waals surface area (Å²) in [6, 6.07) is 6.66. The monoisotopic (exact) mass is 277 g/mol. The van der Waals surface area contributed by atoms with Crippen LogP contribution in [0.4, 0.5) is 5.69 Å². The van der Waals surface area contributed by atoms with Crippen LogP contribution in [-0.4, -0.2) is 35.9 Å². The van der Waals surface area contributed by atoms with E-state index in [9.17, 15) is 14.9 Å². The molecule has 1 saturated heterocycles. The van der Waals surface area contributed by atoms with Crippen molar-refractivity contribution in [2.45, 2.75) is 19.4 Å². The first-order chi connectivity index (χ1) is 9.60. The number of nitrogens with one attached hydrogen (secondary N) is 1. The molecule has 6 nitrogen and oxygen atoms in total. The van der Waals surface area contributed by atoms with Gasteiger partial charge in [0.15, 0.2) is 0 Å². The van der Waals surface area contributed by atoms with Gasteiger partial charge in [-0.15, -0.1) is 0 Å². The highest BCUT2D eigenvalue weighted by molar-refractivity contribution is 5.78. The molecule has 1 N–H and O–H groups in total. The molecule has 108 valence electrons. The summed E-state index contributed by atoms with van der Waals surface area (Å²) in [4.78, 5) is 24.0. The maximum atomic E-state index is 11.5. The lowest BCUT2D eigenvalue weighted by Gasteiger charge is -2.31. The average molecular weight is 277 g/mol. The van der Waals surface area contributed by atoms with E-state index >= 15 is 0 Å². The standard InChI is InChI=1S/C14H19N3O3/c1-15-14(18)12-6-8-16(9-7-12)10-11-2-4-13(5-3-11)17(19)20/h2-5,12H,6-10H2,1H3,(H,15,18). The Labute approximate surface area is 117 Å². The van der Waals surface area contributed by atoms with Gasteiger partial charge in [0.05, 0.1) is 4.92 Å². The lowest BCUT2D eigenvalue weighted by atomic mass is 9.95. The highest BCUT2D eigenvalue weighted by Gasteiger charge is 2.24. The fourth-order valence-electron chi connectivity index (χ4n) is 2.54. The second kappa shape index (κ2) is 6.47. The fourth-order valence-corrected chi connectivity index (χ4v) is 2.54. The highest BCUT2D eigenvalue weighted by atomic mass is 16.6. The van der Waals surface area contributed by atoms with Crippen LogP contribution in [0.2, 0.25) is 0 Å². The predicted molar refractivity (Wildman–Crippen MR) is 75.2 cm³/mol. The lowest BCUT2D eigenvalue weighted by molar-refractivity contribution is -0.384. The van der Waals surface area contributed by atoms with E-state index in [0.717, 1.165) is 38.0 Å². The summed E-state index contributed by atoms with van der Waals surface area (Å²) in [5, 5.41) is 13.3. The van der Waals surface area contributed by atoms with Crippen LogP contribution in [0.3, 0.4) is 0 Å². The largest absolute Gasteiger partial charge is 0.359 e. The average Bonchev–Trinajstić information content (AvgIpc) is 2.48. The molecule has 1 aromatic rings. The second-order valence-corrected chi connectivity index (χ2v) is 5.09. The third-order valence-corrected chi connectivity index (χ3v) is 3.76. The molecule has 0 bridgehead atoms. The van der Waals surface area contributed by atoms with Gasteiger partial charge in [-0.3, -0.25) is 19.8 Å². The molecular formula is C14H19N3O3. The Morgan fingerprint density at radius 3 is 2.45 bits per heavy atom. The second-order valence-electron chi connectivity index (χ2n) is 5.09. The number of nitro benzene ring substituents is 1. The summed E-state index contributed by atoms with van der Waals surface area (Å²) in [6.45, 7) is 2.54. The van der Waals surface area contributed by atoms with Crippen molar-refractivity contribution in [3.8, 4) is 0 Å². The number of hydrogen-bond acceptors (Lipinski definition) is 4. The van der Waals surface area contributed by atoms with Crippen LogP contribution in [0, 0.1) is 16.0 Å². The predicted octanol–water partition coefficient (Wildman–Crippen LogP) is 1.55. The maximum Gasteiger partial charge on any atom is 0.269 e. The Kier molecular flexibility index (Phi) is 4.68. The molecule has 6 heteroatoms. The van der Waals surface area contributed by atoms with Gasteiger partial charge in [-0.1, -0.05) is 12.1 Å². The molecule has 1 aliphatic heterocycles. The van der Waals surface area contributed by atoms with Crippen molar-refractivity contribution in [3.05, 3.63) is 39.9 Å². The van der Waals surface area contributed by atoms with Gasteiger partial charge in [-0.05, 0) is 31.5 Å². The zero-order chi connectivity index (χ0) is 14.5. The first kappa shape index (κ1) is 14.5. The maximum absolute atomic E-state index is 11.5. The Hall–Kier alpha value is -1.95. The number of carbonyl (C=O) groups is 1. The molecule has 2 rings (SSSR count). The summed E-state index contributed by atoms with van der Waals surface area (Å²) >= 11 is 0. The molecule has 0 aliphatic carbocycles. The molecule has 0 atom stereocenters. The van der Waals surface area contributed by atoms with Gasteiger partial charge in [-0.25, -0.2) is 0 Å². The molecule has 1 fully saturated rings. The van der Waals surface area contributed by atoms with Crippen molar-refractivity contribution < 1.29 is 9.72 Å². The molecule has 0 aromatic heterocycles. The van der Waals surface area contributed by atoms with Gasteiger partial charge in [0.25, 0.3) is 5.69 Å². The molecule has 1 amide bonds. The van der Waals surface area contributed by atoms with Gasteiger partial charge >= 0.3 is 0 Å². The third kappa shape index (κ3) is 3.54. The Balaban J connectivity index is 1.86. The van der Waals surface area contributed by atoms with Gasteiger partial charge in [0.1, 0.15) is 0 Å². The molecule has 0 spiro atoms. The SMILES string of the molecule is CNC(=O)C1CCN(Cc2ccc([N+](=O)[O-])cc2)CC1. The van der Waals surface area contributed by atoms with Crippen LogP contribution < -0.4 is 5.32 Å². The molecule has 0 radical (unpaired) electrons. The van der Waals surface area contributed by atoms with E-state index in [4.69, 9.17) is 0 Å². The molecule has 1 heterocycles. The molecular weight excluding hydrogens is 258 g/mol. The van der Waals surface area contributed by atoms with E-state index in [1.165, 1.54) is 12.1 Å². The number of benzene rings is 1. The minimum absolute atomic E-state index is 0.118. The Morgan fingerprint density at radius 2 is 1.95 bits per heavy atom. The number of piperidine rings is 1. The minimum atomic E-state index is -0.390. The van der Waals surface area contributed by atoms with Crippen molar-refractivity contribution in [3.63, 3.8) is 0 Å². The van der Waals surface area contributed by atoms with Gasteiger partial charge in [0, 0.05) is 31.6 Å². The smallest absolute Gasteiger partial charge is 0.269 e. The van der Waals surface area contributed by atoms with Crippen molar-refractivity contribution in [1.82, 2.24) is 10.2 Å². The van der Waals surface area contributed by atoms with Crippen LogP contribution in [0.1, 0.15) is 18.4 Å². The molecule has 20 heavy (non-hydrogen) atoms. The number of rotatable bonds is 4. The number of nitrogens with zero attached hydrogens (tertiary/aromatic N) is 2. The van der Waals surface area contributed by atoms with Crippen molar-refractivity contribution in [2.75, 3.05) is 20.1 Å². The van der Waals surface area contributed by atoms with E-state index in [-0.39, 0.29) is 17.5 Å². The number of carbonyl (C=O) groups excluding carboxylic acids is 1. The van der Waals surface area contributed by atoms with E-state index in [1.54, 1.807) is 19.2 Å². The number of amides is 1. The van der Waals surface area contributed by atoms with E-state index < -0.39 is 4.92 Å². The van der Waals surface area contributed by atoms with Crippen LogP contribution in [0.5, 0.6) is 0 Å². The third-order valence-electron chi connectivity index (χ3n) is 3.76. The van der Waals surface area contributed by atoms with Crippen LogP contribution in [-0.2, 0) is 11.3 Å². The first-order valence-electron chi connectivity index (χ1n) is 6.77. The number of hydrogen-bond donors (Lipinski definition) is 1. The minimum Gasteiger partial charge on any atom is -0.359 e. The summed E-state index contributed by atoms with van der Waals surface area (Å²) < 4.78 is 0. The quantitative estimate of drug-likeness (QED) is 0.669. The lowest BCUT2D eigenvalue weighted by Crippen LogP contribution is -2.39. The zero-order valence-corrected chi connectivity index (χ0v) is 11.5. The van der Waals surface area contributed by atoms with E-state index in [0.29, 0.717) is 0 Å². The molecule has 1 aliphatic rings. The first-order valence-corrected chi connectivity index (χ1v) is 6.77. The highest BCUT2D eigenvalue weighted by Crippen LogP contribution is 2.20. The summed E-state index contributed by atoms with van der Waals surface area (Å²) in [7, 11) is 1.67. The summed E-state index contributed by atoms with van der Waals surface area (Å²) in [5.74, 6) is 0.244.